The van der Waals surface area contributed by atoms with Gasteiger partial charge in [-0.1, -0.05) is 57.7 Å². The van der Waals surface area contributed by atoms with Gasteiger partial charge in [-0.05, 0) is 55.7 Å². The molecule has 0 saturated carbocycles. The minimum Gasteiger partial charge on any atom is -0.490 e. The maximum absolute atomic E-state index is 15.0. The van der Waals surface area contributed by atoms with Crippen LogP contribution in [-0.2, 0) is 9.47 Å². The van der Waals surface area contributed by atoms with E-state index in [0.717, 1.165) is 51.4 Å². The standard InChI is InChI=1S/C33H43F5O3/c1-3-5-6-8-24-12-10-21(20-41-24)25-13-14-27(32(37)30(25)35)28(34)17-18-39-29-16-15-26(31(36)33(29)38)22-9-11-23(7-4-2)40-19-22/h13-16,21-24,28H,3-12,17-20H2,1-2H3. The molecule has 2 aliphatic rings. The molecule has 2 saturated heterocycles. The molecule has 41 heavy (non-hydrogen) atoms. The van der Waals surface area contributed by atoms with Gasteiger partial charge in [-0.2, -0.15) is 4.39 Å². The van der Waals surface area contributed by atoms with Crippen molar-refractivity contribution in [2.45, 2.75) is 115 Å². The van der Waals surface area contributed by atoms with Gasteiger partial charge in [0.25, 0.3) is 0 Å². The van der Waals surface area contributed by atoms with Gasteiger partial charge in [0.2, 0.25) is 5.82 Å². The Morgan fingerprint density at radius 2 is 1.34 bits per heavy atom. The molecule has 0 spiro atoms. The van der Waals surface area contributed by atoms with Gasteiger partial charge in [0.15, 0.2) is 23.2 Å². The topological polar surface area (TPSA) is 27.7 Å². The summed E-state index contributed by atoms with van der Waals surface area (Å²) in [5.74, 6) is -5.28. The number of ether oxygens (including phenoxy) is 3. The first-order valence-corrected chi connectivity index (χ1v) is 15.3. The highest BCUT2D eigenvalue weighted by molar-refractivity contribution is 5.34. The average Bonchev–Trinajstić information content (AvgIpc) is 2.98. The van der Waals surface area contributed by atoms with Crippen molar-refractivity contribution in [1.82, 2.24) is 0 Å². The molecular formula is C33H43F5O3. The molecule has 2 heterocycles. The molecule has 0 bridgehead atoms. The van der Waals surface area contributed by atoms with E-state index in [1.54, 1.807) is 0 Å². The molecule has 8 heteroatoms. The van der Waals surface area contributed by atoms with Gasteiger partial charge in [-0.25, -0.2) is 17.6 Å². The van der Waals surface area contributed by atoms with Crippen molar-refractivity contribution in [1.29, 1.82) is 0 Å². The Labute approximate surface area is 240 Å². The lowest BCUT2D eigenvalue weighted by molar-refractivity contribution is -0.00280. The summed E-state index contributed by atoms with van der Waals surface area (Å²) in [6.07, 6.45) is 7.35. The molecule has 0 amide bonds. The molecular weight excluding hydrogens is 539 g/mol. The SMILES string of the molecule is CCCCCC1CCC(c2ccc(C(F)CCOc3ccc(C4CCC(CCC)OC4)c(F)c3F)c(F)c2F)CO1. The van der Waals surface area contributed by atoms with Crippen LogP contribution in [-0.4, -0.2) is 32.0 Å². The van der Waals surface area contributed by atoms with Gasteiger partial charge in [0.1, 0.15) is 6.17 Å². The summed E-state index contributed by atoms with van der Waals surface area (Å²) in [7, 11) is 0. The van der Waals surface area contributed by atoms with Crippen LogP contribution in [0.5, 0.6) is 5.75 Å². The molecule has 5 atom stereocenters. The second-order valence-electron chi connectivity index (χ2n) is 11.5. The summed E-state index contributed by atoms with van der Waals surface area (Å²) >= 11 is 0. The lowest BCUT2D eigenvalue weighted by atomic mass is 9.88. The fourth-order valence-electron chi connectivity index (χ4n) is 6.04. The molecule has 228 valence electrons. The predicted molar refractivity (Wildman–Crippen MR) is 149 cm³/mol. The van der Waals surface area contributed by atoms with Gasteiger partial charge in [-0.15, -0.1) is 0 Å². The van der Waals surface area contributed by atoms with E-state index in [1.165, 1.54) is 24.3 Å². The van der Waals surface area contributed by atoms with Crippen molar-refractivity contribution in [3.63, 3.8) is 0 Å². The van der Waals surface area contributed by atoms with Gasteiger partial charge in [-0.3, -0.25) is 0 Å². The molecule has 4 rings (SSSR count). The summed E-state index contributed by atoms with van der Waals surface area (Å²) in [5.41, 5.74) is 0.0227. The molecule has 0 radical (unpaired) electrons. The highest BCUT2D eigenvalue weighted by Crippen LogP contribution is 2.36. The van der Waals surface area contributed by atoms with E-state index in [0.29, 0.717) is 26.1 Å². The van der Waals surface area contributed by atoms with Crippen LogP contribution in [0.3, 0.4) is 0 Å². The summed E-state index contributed by atoms with van der Waals surface area (Å²) in [5, 5.41) is 0. The Hall–Kier alpha value is -2.19. The number of hydrogen-bond donors (Lipinski definition) is 0. The Balaban J connectivity index is 1.29. The van der Waals surface area contributed by atoms with E-state index in [9.17, 15) is 22.0 Å². The molecule has 0 aromatic heterocycles. The Bertz CT molecular complexity index is 1110. The van der Waals surface area contributed by atoms with Crippen LogP contribution in [0.25, 0.3) is 0 Å². The number of rotatable bonds is 13. The lowest BCUT2D eigenvalue weighted by Crippen LogP contribution is -2.25. The fraction of sp³-hybridized carbons (Fsp3) is 0.636. The van der Waals surface area contributed by atoms with Crippen LogP contribution in [0.4, 0.5) is 22.0 Å². The van der Waals surface area contributed by atoms with E-state index in [-0.39, 0.29) is 53.9 Å². The zero-order valence-corrected chi connectivity index (χ0v) is 24.2. The van der Waals surface area contributed by atoms with Gasteiger partial charge in [0.05, 0.1) is 32.0 Å². The van der Waals surface area contributed by atoms with Crippen LogP contribution in [0, 0.1) is 23.3 Å². The molecule has 2 aliphatic heterocycles. The molecule has 2 aromatic carbocycles. The smallest absolute Gasteiger partial charge is 0.200 e. The van der Waals surface area contributed by atoms with E-state index >= 15 is 0 Å². The number of alkyl halides is 1. The lowest BCUT2D eigenvalue weighted by Gasteiger charge is -2.30. The van der Waals surface area contributed by atoms with Crippen molar-refractivity contribution >= 4 is 0 Å². The number of hydrogen-bond acceptors (Lipinski definition) is 3. The molecule has 5 unspecified atom stereocenters. The third-order valence-electron chi connectivity index (χ3n) is 8.55. The zero-order chi connectivity index (χ0) is 29.4. The van der Waals surface area contributed by atoms with E-state index < -0.39 is 35.0 Å². The first kappa shape index (κ1) is 31.7. The molecule has 2 fully saturated rings. The Morgan fingerprint density at radius 3 is 1.93 bits per heavy atom. The van der Waals surface area contributed by atoms with E-state index in [4.69, 9.17) is 14.2 Å². The third kappa shape index (κ3) is 8.01. The van der Waals surface area contributed by atoms with Crippen molar-refractivity contribution in [2.24, 2.45) is 0 Å². The number of benzene rings is 2. The summed E-state index contributed by atoms with van der Waals surface area (Å²) in [6, 6.07) is 5.50. The van der Waals surface area contributed by atoms with Crippen LogP contribution in [0.15, 0.2) is 24.3 Å². The van der Waals surface area contributed by atoms with E-state index in [2.05, 4.69) is 13.8 Å². The largest absolute Gasteiger partial charge is 0.490 e. The highest BCUT2D eigenvalue weighted by Gasteiger charge is 2.29. The maximum Gasteiger partial charge on any atom is 0.200 e. The number of unbranched alkanes of at least 4 members (excludes halogenated alkanes) is 2. The third-order valence-corrected chi connectivity index (χ3v) is 8.55. The van der Waals surface area contributed by atoms with Crippen LogP contribution in [0.1, 0.15) is 119 Å². The minimum absolute atomic E-state index is 0.148. The monoisotopic (exact) mass is 582 g/mol. The van der Waals surface area contributed by atoms with Gasteiger partial charge >= 0.3 is 0 Å². The average molecular weight is 583 g/mol. The van der Waals surface area contributed by atoms with E-state index in [1.807, 2.05) is 0 Å². The highest BCUT2D eigenvalue weighted by atomic mass is 19.2. The van der Waals surface area contributed by atoms with Crippen molar-refractivity contribution in [3.05, 3.63) is 64.2 Å². The van der Waals surface area contributed by atoms with Crippen LogP contribution >= 0.6 is 0 Å². The second kappa shape index (κ2) is 15.3. The van der Waals surface area contributed by atoms with Crippen molar-refractivity contribution < 1.29 is 36.2 Å². The quantitative estimate of drug-likeness (QED) is 0.174. The van der Waals surface area contributed by atoms with Gasteiger partial charge in [0, 0.05) is 23.8 Å². The van der Waals surface area contributed by atoms with Gasteiger partial charge < -0.3 is 14.2 Å². The summed E-state index contributed by atoms with van der Waals surface area (Å²) in [6.45, 7) is 4.53. The molecule has 0 aliphatic carbocycles. The molecule has 3 nitrogen and oxygen atoms in total. The number of halogens is 5. The first-order chi connectivity index (χ1) is 19.8. The Morgan fingerprint density at radius 1 is 0.732 bits per heavy atom. The van der Waals surface area contributed by atoms with Crippen molar-refractivity contribution in [2.75, 3.05) is 19.8 Å². The summed E-state index contributed by atoms with van der Waals surface area (Å²) < 4.78 is 91.4. The normalized spacial score (nSPS) is 23.9. The van der Waals surface area contributed by atoms with Crippen LogP contribution < -0.4 is 4.74 Å². The maximum atomic E-state index is 15.0. The zero-order valence-electron chi connectivity index (χ0n) is 24.2. The first-order valence-electron chi connectivity index (χ1n) is 15.3. The second-order valence-corrected chi connectivity index (χ2v) is 11.5. The Kier molecular flexibility index (Phi) is 11.9. The van der Waals surface area contributed by atoms with Crippen LogP contribution in [0.2, 0.25) is 0 Å². The fourth-order valence-corrected chi connectivity index (χ4v) is 6.04. The summed E-state index contributed by atoms with van der Waals surface area (Å²) in [4.78, 5) is 0. The van der Waals surface area contributed by atoms with Crippen molar-refractivity contribution in [3.8, 4) is 5.75 Å². The molecule has 2 aromatic rings. The minimum atomic E-state index is -1.87. The predicted octanol–water partition coefficient (Wildman–Crippen LogP) is 9.63. The molecule has 0 N–H and O–H groups in total.